The van der Waals surface area contributed by atoms with Gasteiger partial charge in [0.05, 0.1) is 36.0 Å². The van der Waals surface area contributed by atoms with Crippen LogP contribution in [-0.2, 0) is 19.1 Å². The maximum Gasteiger partial charge on any atom is 0.336 e. The van der Waals surface area contributed by atoms with Crippen molar-refractivity contribution in [2.75, 3.05) is 19.4 Å². The molecule has 1 N–H and O–H groups in total. The monoisotopic (exact) mass is 659 g/mol. The Balaban J connectivity index is 0.00000461. The summed E-state index contributed by atoms with van der Waals surface area (Å²) in [7, 11) is -2.43. The van der Waals surface area contributed by atoms with Crippen LogP contribution in [0.3, 0.4) is 0 Å². The Morgan fingerprint density at radius 3 is 1.56 bits per heavy atom. The second-order valence-corrected chi connectivity index (χ2v) is 14.3. The lowest BCUT2D eigenvalue weighted by atomic mass is 9.80. The maximum atomic E-state index is 14.1. The zero-order valence-electron chi connectivity index (χ0n) is 25.5. The van der Waals surface area contributed by atoms with Crippen LogP contribution in [0.25, 0.3) is 0 Å². The third kappa shape index (κ3) is 6.87. The fourth-order valence-corrected chi connectivity index (χ4v) is 10.4. The van der Waals surface area contributed by atoms with E-state index in [0.717, 1.165) is 0 Å². The van der Waals surface area contributed by atoms with Gasteiger partial charge in [0.25, 0.3) is 0 Å². The van der Waals surface area contributed by atoms with E-state index >= 15 is 0 Å². The molecule has 8 heteroatoms. The quantitative estimate of drug-likeness (QED) is 0.208. The van der Waals surface area contributed by atoms with E-state index in [1.165, 1.54) is 15.9 Å². The molecule has 4 aromatic rings. The molecular weight excluding hydrogens is 624 g/mol. The van der Waals surface area contributed by atoms with Gasteiger partial charge in [-0.25, -0.2) is 9.59 Å². The van der Waals surface area contributed by atoms with Crippen molar-refractivity contribution in [3.05, 3.63) is 148 Å². The van der Waals surface area contributed by atoms with Crippen LogP contribution in [0, 0.1) is 0 Å². The fraction of sp³-hybridized carbons (Fsp3) is 0.189. The first kappa shape index (κ1) is 34.0. The van der Waals surface area contributed by atoms with Gasteiger partial charge in [0.15, 0.2) is 0 Å². The topological polar surface area (TPSA) is 64.6 Å². The summed E-state index contributed by atoms with van der Waals surface area (Å²) in [4.78, 5) is 27.7. The number of hydrogen-bond donors (Lipinski definition) is 1. The Labute approximate surface area is 277 Å². The molecule has 1 unspecified atom stereocenters. The molecule has 5 nitrogen and oxygen atoms in total. The molecule has 0 fully saturated rings. The minimum absolute atomic E-state index is 0. The summed E-state index contributed by atoms with van der Waals surface area (Å²) >= 11 is 6.81. The van der Waals surface area contributed by atoms with E-state index in [1.807, 2.05) is 43.3 Å². The number of carbonyl (C=O) groups excluding carboxylic acids is 2. The van der Waals surface area contributed by atoms with Crippen LogP contribution >= 0.6 is 18.9 Å². The SMILES string of the molecule is CCOC(=O)C1=C(C)NC(C[P+](c2ccccc2)(c2ccccc2)c2ccccc2)=C(C(=O)OCC)C1c1ccccc1Cl.[Cl-]. The Kier molecular flexibility index (Phi) is 11.6. The fourth-order valence-electron chi connectivity index (χ4n) is 5.98. The van der Waals surface area contributed by atoms with E-state index < -0.39 is 25.1 Å². The van der Waals surface area contributed by atoms with Crippen molar-refractivity contribution in [3.63, 3.8) is 0 Å². The lowest BCUT2D eigenvalue weighted by Gasteiger charge is -2.35. The van der Waals surface area contributed by atoms with Gasteiger partial charge in [0, 0.05) is 10.7 Å². The molecule has 0 amide bonds. The van der Waals surface area contributed by atoms with Gasteiger partial charge in [-0.3, -0.25) is 0 Å². The van der Waals surface area contributed by atoms with Gasteiger partial charge in [-0.15, -0.1) is 0 Å². The number of benzene rings is 4. The van der Waals surface area contributed by atoms with Gasteiger partial charge < -0.3 is 27.2 Å². The first-order valence-electron chi connectivity index (χ1n) is 14.8. The van der Waals surface area contributed by atoms with Gasteiger partial charge in [-0.05, 0) is 68.8 Å². The standard InChI is InChI=1S/C37H35ClNO4P.ClH/c1-4-42-36(40)33-26(3)39-32(35(37(41)43-5-2)34(33)30-23-15-16-24-31(30)38)25-44(27-17-9-6-10-18-27,28-19-11-7-12-20-28)29-21-13-8-14-22-29;/h6-24,34H,4-5,25H2,1-3H3;1H. The highest BCUT2D eigenvalue weighted by atomic mass is 35.5. The highest BCUT2D eigenvalue weighted by Crippen LogP contribution is 2.58. The number of dihydropyridines is 1. The van der Waals surface area contributed by atoms with Crippen LogP contribution in [0.4, 0.5) is 0 Å². The van der Waals surface area contributed by atoms with Crippen LogP contribution < -0.4 is 33.6 Å². The highest BCUT2D eigenvalue weighted by molar-refractivity contribution is 7.95. The molecule has 1 aliphatic heterocycles. The largest absolute Gasteiger partial charge is 1.00 e. The summed E-state index contributed by atoms with van der Waals surface area (Å²) in [5, 5.41) is 7.48. The summed E-state index contributed by atoms with van der Waals surface area (Å²) in [6, 6.07) is 38.7. The molecule has 1 heterocycles. The molecule has 5 rings (SSSR count). The first-order chi connectivity index (χ1) is 21.4. The molecular formula is C37H36Cl2NO4P. The number of esters is 2. The molecule has 0 saturated carbocycles. The van der Waals surface area contributed by atoms with Gasteiger partial charge in [-0.1, -0.05) is 84.4 Å². The number of halogens is 2. The smallest absolute Gasteiger partial charge is 0.336 e. The molecule has 45 heavy (non-hydrogen) atoms. The van der Waals surface area contributed by atoms with Crippen LogP contribution in [0.5, 0.6) is 0 Å². The minimum atomic E-state index is -2.43. The third-order valence-corrected chi connectivity index (χ3v) is 12.5. The second-order valence-electron chi connectivity index (χ2n) is 10.4. The summed E-state index contributed by atoms with van der Waals surface area (Å²) < 4.78 is 11.2. The van der Waals surface area contributed by atoms with Crippen molar-refractivity contribution in [2.45, 2.75) is 26.7 Å². The molecule has 0 bridgehead atoms. The average molecular weight is 661 g/mol. The maximum absolute atomic E-state index is 14.1. The highest BCUT2D eigenvalue weighted by Gasteiger charge is 2.49. The zero-order valence-corrected chi connectivity index (χ0v) is 27.9. The van der Waals surface area contributed by atoms with E-state index in [1.54, 1.807) is 19.9 Å². The van der Waals surface area contributed by atoms with Crippen molar-refractivity contribution < 1.29 is 31.5 Å². The number of nitrogens with one attached hydrogen (secondary N) is 1. The van der Waals surface area contributed by atoms with Crippen molar-refractivity contribution in [1.82, 2.24) is 5.32 Å². The Hall–Kier alpha value is -3.89. The molecule has 1 aliphatic rings. The summed E-state index contributed by atoms with van der Waals surface area (Å²) in [6.07, 6.45) is 0.480. The lowest BCUT2D eigenvalue weighted by Crippen LogP contribution is -3.00. The van der Waals surface area contributed by atoms with Gasteiger partial charge in [-0.2, -0.15) is 0 Å². The van der Waals surface area contributed by atoms with Crippen molar-refractivity contribution >= 4 is 46.7 Å². The first-order valence-corrected chi connectivity index (χ1v) is 17.1. The average Bonchev–Trinajstić information content (AvgIpc) is 3.05. The Morgan fingerprint density at radius 1 is 0.689 bits per heavy atom. The molecule has 0 aromatic heterocycles. The van der Waals surface area contributed by atoms with Crippen molar-refractivity contribution in [3.8, 4) is 0 Å². The van der Waals surface area contributed by atoms with Crippen LogP contribution in [-0.4, -0.2) is 31.3 Å². The Bertz CT molecular complexity index is 1590. The number of rotatable bonds is 10. The predicted octanol–water partition coefficient (Wildman–Crippen LogP) is 3.68. The lowest BCUT2D eigenvalue weighted by molar-refractivity contribution is -0.139. The summed E-state index contributed by atoms with van der Waals surface area (Å²) in [5.74, 6) is -1.79. The van der Waals surface area contributed by atoms with E-state index in [2.05, 4.69) is 78.1 Å². The third-order valence-electron chi connectivity index (χ3n) is 7.84. The molecule has 0 spiro atoms. The second kappa shape index (κ2) is 15.4. The molecule has 1 atom stereocenters. The molecule has 4 aromatic carbocycles. The van der Waals surface area contributed by atoms with Crippen LogP contribution in [0.15, 0.2) is 138 Å². The molecule has 0 saturated heterocycles. The van der Waals surface area contributed by atoms with Gasteiger partial charge in [0.2, 0.25) is 0 Å². The van der Waals surface area contributed by atoms with Crippen molar-refractivity contribution in [2.24, 2.45) is 0 Å². The van der Waals surface area contributed by atoms with E-state index in [4.69, 9.17) is 21.1 Å². The molecule has 232 valence electrons. The van der Waals surface area contributed by atoms with Gasteiger partial charge in [0.1, 0.15) is 29.3 Å². The van der Waals surface area contributed by atoms with Crippen molar-refractivity contribution in [1.29, 1.82) is 0 Å². The summed E-state index contributed by atoms with van der Waals surface area (Å²) in [5.41, 5.74) is 2.66. The van der Waals surface area contributed by atoms with Gasteiger partial charge >= 0.3 is 11.9 Å². The van der Waals surface area contributed by atoms with E-state index in [0.29, 0.717) is 39.3 Å². The normalized spacial score (nSPS) is 14.7. The van der Waals surface area contributed by atoms with E-state index in [9.17, 15) is 9.59 Å². The number of hydrogen-bond acceptors (Lipinski definition) is 5. The van der Waals surface area contributed by atoms with Crippen LogP contribution in [0.2, 0.25) is 5.02 Å². The molecule has 0 radical (unpaired) electrons. The Morgan fingerprint density at radius 2 is 1.11 bits per heavy atom. The number of carbonyl (C=O) groups is 2. The summed E-state index contributed by atoms with van der Waals surface area (Å²) in [6.45, 7) is 5.77. The number of allylic oxidation sites excluding steroid dienone is 2. The molecule has 0 aliphatic carbocycles. The number of ether oxygens (including phenoxy) is 2. The van der Waals surface area contributed by atoms with Crippen LogP contribution in [0.1, 0.15) is 32.3 Å². The van der Waals surface area contributed by atoms with E-state index in [-0.39, 0.29) is 25.6 Å². The minimum Gasteiger partial charge on any atom is -1.00 e. The zero-order chi connectivity index (χ0) is 31.1. The predicted molar refractivity (Wildman–Crippen MR) is 180 cm³/mol.